The maximum absolute atomic E-state index is 11.8. The molecule has 0 saturated carbocycles. The Balaban J connectivity index is 2.55. The Hall–Kier alpha value is -1.20. The van der Waals surface area contributed by atoms with Crippen LogP contribution in [0.2, 0.25) is 0 Å². The van der Waals surface area contributed by atoms with Crippen molar-refractivity contribution < 1.29 is 9.53 Å². The summed E-state index contributed by atoms with van der Waals surface area (Å²) >= 11 is 1.68. The smallest absolute Gasteiger partial charge is 0.241 e. The highest BCUT2D eigenvalue weighted by atomic mass is 32.2. The van der Waals surface area contributed by atoms with Crippen LogP contribution in [0.5, 0.6) is 5.75 Å². The third-order valence-electron chi connectivity index (χ3n) is 2.38. The van der Waals surface area contributed by atoms with Crippen molar-refractivity contribution in [1.29, 1.82) is 0 Å². The lowest BCUT2D eigenvalue weighted by atomic mass is 10.2. The molecule has 1 rings (SSSR count). The van der Waals surface area contributed by atoms with Gasteiger partial charge in [-0.1, -0.05) is 6.07 Å². The number of thioether (sulfide) groups is 1. The zero-order valence-electron chi connectivity index (χ0n) is 10.8. The Bertz CT molecular complexity index is 385. The number of anilines is 1. The van der Waals surface area contributed by atoms with Crippen LogP contribution in [0.25, 0.3) is 0 Å². The summed E-state index contributed by atoms with van der Waals surface area (Å²) < 4.78 is 5.37. The average Bonchev–Trinajstić information content (AvgIpc) is 2.36. The van der Waals surface area contributed by atoms with Crippen LogP contribution in [-0.4, -0.2) is 30.6 Å². The molecule has 0 heterocycles. The van der Waals surface area contributed by atoms with Crippen LogP contribution in [0.1, 0.15) is 13.3 Å². The van der Waals surface area contributed by atoms with Crippen LogP contribution in [0.15, 0.2) is 24.3 Å². The van der Waals surface area contributed by atoms with Gasteiger partial charge in [0.2, 0.25) is 5.91 Å². The zero-order chi connectivity index (χ0) is 13.4. The minimum Gasteiger partial charge on any atom is -0.494 e. The fourth-order valence-electron chi connectivity index (χ4n) is 1.44. The fourth-order valence-corrected chi connectivity index (χ4v) is 1.93. The molecule has 0 fully saturated rings. The molecule has 0 unspecified atom stereocenters. The fraction of sp³-hybridized carbons (Fsp3) is 0.462. The van der Waals surface area contributed by atoms with Crippen molar-refractivity contribution in [2.45, 2.75) is 19.4 Å². The van der Waals surface area contributed by atoms with Gasteiger partial charge in [-0.3, -0.25) is 4.79 Å². The van der Waals surface area contributed by atoms with Gasteiger partial charge in [0, 0.05) is 11.8 Å². The van der Waals surface area contributed by atoms with Gasteiger partial charge in [0.1, 0.15) is 5.75 Å². The minimum atomic E-state index is -0.465. The molecule has 5 heteroatoms. The number of ether oxygens (including phenoxy) is 1. The van der Waals surface area contributed by atoms with Gasteiger partial charge in [0.25, 0.3) is 0 Å². The number of nitrogens with one attached hydrogen (secondary N) is 1. The van der Waals surface area contributed by atoms with Gasteiger partial charge < -0.3 is 15.8 Å². The molecule has 1 atom stereocenters. The Morgan fingerprint density at radius 1 is 1.56 bits per heavy atom. The molecule has 0 aliphatic heterocycles. The lowest BCUT2D eigenvalue weighted by molar-refractivity contribution is -0.117. The van der Waals surface area contributed by atoms with Crippen molar-refractivity contribution in [1.82, 2.24) is 0 Å². The maximum atomic E-state index is 11.8. The molecule has 18 heavy (non-hydrogen) atoms. The molecule has 0 spiro atoms. The van der Waals surface area contributed by atoms with Crippen LogP contribution < -0.4 is 15.8 Å². The van der Waals surface area contributed by atoms with Crippen LogP contribution >= 0.6 is 11.8 Å². The third kappa shape index (κ3) is 4.98. The Morgan fingerprint density at radius 3 is 3.00 bits per heavy atom. The van der Waals surface area contributed by atoms with Crippen molar-refractivity contribution in [3.05, 3.63) is 24.3 Å². The first kappa shape index (κ1) is 14.9. The summed E-state index contributed by atoms with van der Waals surface area (Å²) in [6, 6.07) is 6.85. The van der Waals surface area contributed by atoms with Crippen molar-refractivity contribution in [3.8, 4) is 5.75 Å². The van der Waals surface area contributed by atoms with E-state index < -0.39 is 6.04 Å². The van der Waals surface area contributed by atoms with Gasteiger partial charge in [-0.05, 0) is 37.5 Å². The molecule has 0 aliphatic rings. The molecule has 100 valence electrons. The number of amides is 1. The molecular weight excluding hydrogens is 248 g/mol. The molecule has 0 aliphatic carbocycles. The number of hydrogen-bond donors (Lipinski definition) is 2. The van der Waals surface area contributed by atoms with E-state index in [0.717, 1.165) is 11.5 Å². The first-order valence-corrected chi connectivity index (χ1v) is 7.35. The number of nitrogens with two attached hydrogens (primary N) is 1. The lowest BCUT2D eigenvalue weighted by Gasteiger charge is -2.12. The third-order valence-corrected chi connectivity index (χ3v) is 3.03. The molecule has 3 N–H and O–H groups in total. The molecule has 0 saturated heterocycles. The van der Waals surface area contributed by atoms with Gasteiger partial charge in [-0.2, -0.15) is 11.8 Å². The first-order valence-electron chi connectivity index (χ1n) is 5.95. The van der Waals surface area contributed by atoms with E-state index in [-0.39, 0.29) is 5.91 Å². The van der Waals surface area contributed by atoms with Crippen molar-refractivity contribution in [2.75, 3.05) is 23.9 Å². The second-order valence-corrected chi connectivity index (χ2v) is 4.82. The number of benzene rings is 1. The van der Waals surface area contributed by atoms with Crippen LogP contribution in [-0.2, 0) is 4.79 Å². The van der Waals surface area contributed by atoms with Gasteiger partial charge in [0.05, 0.1) is 12.6 Å². The highest BCUT2D eigenvalue weighted by Crippen LogP contribution is 2.17. The average molecular weight is 268 g/mol. The van der Waals surface area contributed by atoms with Crippen LogP contribution in [0, 0.1) is 0 Å². The molecule has 0 bridgehead atoms. The highest BCUT2D eigenvalue weighted by molar-refractivity contribution is 7.98. The summed E-state index contributed by atoms with van der Waals surface area (Å²) in [5, 5.41) is 2.80. The quantitative estimate of drug-likeness (QED) is 0.795. The van der Waals surface area contributed by atoms with E-state index in [0.29, 0.717) is 18.7 Å². The monoisotopic (exact) mass is 268 g/mol. The van der Waals surface area contributed by atoms with E-state index in [4.69, 9.17) is 10.5 Å². The van der Waals surface area contributed by atoms with Crippen LogP contribution in [0.4, 0.5) is 5.69 Å². The van der Waals surface area contributed by atoms with Crippen molar-refractivity contribution in [2.24, 2.45) is 5.73 Å². The van der Waals surface area contributed by atoms with Gasteiger partial charge in [-0.25, -0.2) is 0 Å². The Kier molecular flexibility index (Phi) is 6.60. The molecule has 1 amide bonds. The topological polar surface area (TPSA) is 64.3 Å². The first-order chi connectivity index (χ1) is 8.67. The van der Waals surface area contributed by atoms with E-state index in [1.807, 2.05) is 31.4 Å². The molecule has 0 aromatic heterocycles. The summed E-state index contributed by atoms with van der Waals surface area (Å²) in [5.41, 5.74) is 6.50. The van der Waals surface area contributed by atoms with Gasteiger partial charge >= 0.3 is 0 Å². The number of rotatable bonds is 7. The maximum Gasteiger partial charge on any atom is 0.241 e. The van der Waals surface area contributed by atoms with Gasteiger partial charge in [0.15, 0.2) is 0 Å². The SMILES string of the molecule is CCOc1cccc(NC(=O)[C@@H](N)CCSC)c1. The summed E-state index contributed by atoms with van der Waals surface area (Å²) in [4.78, 5) is 11.8. The van der Waals surface area contributed by atoms with Crippen molar-refractivity contribution in [3.63, 3.8) is 0 Å². The standard InChI is InChI=1S/C13H20N2O2S/c1-3-17-11-6-4-5-10(9-11)15-13(16)12(14)7-8-18-2/h4-6,9,12H,3,7-8,14H2,1-2H3,(H,15,16)/t12-/m0/s1. The normalized spacial score (nSPS) is 11.9. The summed E-state index contributed by atoms with van der Waals surface area (Å²) in [7, 11) is 0. The largest absolute Gasteiger partial charge is 0.494 e. The molecule has 0 radical (unpaired) electrons. The number of carbonyl (C=O) groups excluding carboxylic acids is 1. The van der Waals surface area contributed by atoms with Gasteiger partial charge in [-0.15, -0.1) is 0 Å². The summed E-state index contributed by atoms with van der Waals surface area (Å²) in [6.07, 6.45) is 2.67. The second kappa shape index (κ2) is 8.00. The summed E-state index contributed by atoms with van der Waals surface area (Å²) in [5.74, 6) is 1.47. The number of hydrogen-bond acceptors (Lipinski definition) is 4. The Labute approximate surface area is 112 Å². The highest BCUT2D eigenvalue weighted by Gasteiger charge is 2.13. The Morgan fingerprint density at radius 2 is 2.33 bits per heavy atom. The van der Waals surface area contributed by atoms with Crippen LogP contribution in [0.3, 0.4) is 0 Å². The predicted octanol–water partition coefficient (Wildman–Crippen LogP) is 2.10. The van der Waals surface area contributed by atoms with E-state index in [1.54, 1.807) is 17.8 Å². The minimum absolute atomic E-state index is 0.155. The lowest BCUT2D eigenvalue weighted by Crippen LogP contribution is -2.36. The second-order valence-electron chi connectivity index (χ2n) is 3.84. The molecular formula is C13H20N2O2S. The molecule has 1 aromatic rings. The summed E-state index contributed by atoms with van der Waals surface area (Å²) in [6.45, 7) is 2.52. The number of carbonyl (C=O) groups is 1. The van der Waals surface area contributed by atoms with E-state index >= 15 is 0 Å². The van der Waals surface area contributed by atoms with E-state index in [2.05, 4.69) is 5.32 Å². The molecule has 1 aromatic carbocycles. The van der Waals surface area contributed by atoms with E-state index in [9.17, 15) is 4.79 Å². The van der Waals surface area contributed by atoms with E-state index in [1.165, 1.54) is 0 Å². The van der Waals surface area contributed by atoms with Crippen molar-refractivity contribution >= 4 is 23.4 Å². The molecule has 4 nitrogen and oxygen atoms in total. The zero-order valence-corrected chi connectivity index (χ0v) is 11.6. The predicted molar refractivity (Wildman–Crippen MR) is 77.2 cm³/mol.